The first-order chi connectivity index (χ1) is 8.11. The molecular weight excluding hydrogens is 216 g/mol. The highest BCUT2D eigenvalue weighted by Gasteiger charge is 2.16. The van der Waals surface area contributed by atoms with Gasteiger partial charge in [-0.1, -0.05) is 6.07 Å². The van der Waals surface area contributed by atoms with Gasteiger partial charge < -0.3 is 9.47 Å². The van der Waals surface area contributed by atoms with Gasteiger partial charge in [-0.3, -0.25) is 5.32 Å². The molecular formula is C13H16N2O2. The van der Waals surface area contributed by atoms with E-state index in [2.05, 4.69) is 11.4 Å². The van der Waals surface area contributed by atoms with Gasteiger partial charge in [-0.25, -0.2) is 0 Å². The fourth-order valence-electron chi connectivity index (χ4n) is 1.66. The van der Waals surface area contributed by atoms with Crippen molar-refractivity contribution in [3.63, 3.8) is 0 Å². The van der Waals surface area contributed by atoms with Crippen LogP contribution in [0.2, 0.25) is 0 Å². The Kier molecular flexibility index (Phi) is 3.21. The Morgan fingerprint density at radius 2 is 2.12 bits per heavy atom. The number of rotatable bonds is 4. The molecule has 0 saturated carbocycles. The maximum absolute atomic E-state index is 8.87. The average Bonchev–Trinajstić information content (AvgIpc) is 2.76. The van der Waals surface area contributed by atoms with Gasteiger partial charge in [0.25, 0.3) is 0 Å². The molecule has 0 spiro atoms. The maximum Gasteiger partial charge on any atom is 0.231 e. The lowest BCUT2D eigenvalue weighted by Gasteiger charge is -2.17. The fourth-order valence-corrected chi connectivity index (χ4v) is 1.66. The first-order valence-electron chi connectivity index (χ1n) is 5.65. The summed E-state index contributed by atoms with van der Waals surface area (Å²) in [6, 6.07) is 8.15. The van der Waals surface area contributed by atoms with E-state index in [9.17, 15) is 0 Å². The summed E-state index contributed by atoms with van der Waals surface area (Å²) in [6.07, 6.45) is 0.863. The highest BCUT2D eigenvalue weighted by Crippen LogP contribution is 2.32. The summed E-state index contributed by atoms with van der Waals surface area (Å²) in [5, 5.41) is 12.1. The molecule has 0 fully saturated rings. The van der Waals surface area contributed by atoms with Crippen LogP contribution in [0.1, 0.15) is 19.4 Å². The van der Waals surface area contributed by atoms with Crippen molar-refractivity contribution >= 4 is 0 Å². The summed E-state index contributed by atoms with van der Waals surface area (Å²) >= 11 is 0. The monoisotopic (exact) mass is 232 g/mol. The second-order valence-corrected chi connectivity index (χ2v) is 4.60. The van der Waals surface area contributed by atoms with Gasteiger partial charge in [0.1, 0.15) is 5.54 Å². The highest BCUT2D eigenvalue weighted by molar-refractivity contribution is 5.44. The van der Waals surface area contributed by atoms with Gasteiger partial charge in [-0.15, -0.1) is 0 Å². The van der Waals surface area contributed by atoms with Crippen molar-refractivity contribution < 1.29 is 9.47 Å². The number of ether oxygens (including phenoxy) is 2. The molecule has 1 aliphatic heterocycles. The van der Waals surface area contributed by atoms with Gasteiger partial charge in [0, 0.05) is 6.54 Å². The number of fused-ring (bicyclic) bond motifs is 1. The molecule has 2 rings (SSSR count). The quantitative estimate of drug-likeness (QED) is 0.860. The first-order valence-corrected chi connectivity index (χ1v) is 5.65. The number of nitriles is 1. The smallest absolute Gasteiger partial charge is 0.231 e. The fraction of sp³-hybridized carbons (Fsp3) is 0.462. The van der Waals surface area contributed by atoms with Gasteiger partial charge in [-0.05, 0) is 38.0 Å². The van der Waals surface area contributed by atoms with Crippen LogP contribution in [0.5, 0.6) is 11.5 Å². The normalized spacial score (nSPS) is 13.5. The number of nitrogens with zero attached hydrogens (tertiary/aromatic N) is 1. The SMILES string of the molecule is CC(C)(C#N)NCCc1ccc2c(c1)OCO2. The van der Waals surface area contributed by atoms with Gasteiger partial charge >= 0.3 is 0 Å². The molecule has 1 heterocycles. The number of hydrogen-bond acceptors (Lipinski definition) is 4. The zero-order valence-electron chi connectivity index (χ0n) is 10.1. The van der Waals surface area contributed by atoms with E-state index in [-0.39, 0.29) is 0 Å². The molecule has 4 heteroatoms. The lowest BCUT2D eigenvalue weighted by atomic mass is 10.1. The second-order valence-electron chi connectivity index (χ2n) is 4.60. The number of nitrogens with one attached hydrogen (secondary N) is 1. The third-order valence-corrected chi connectivity index (χ3v) is 2.70. The average molecular weight is 232 g/mol. The molecule has 1 aromatic carbocycles. The van der Waals surface area contributed by atoms with Gasteiger partial charge in [0.05, 0.1) is 6.07 Å². The lowest BCUT2D eigenvalue weighted by molar-refractivity contribution is 0.174. The van der Waals surface area contributed by atoms with Crippen LogP contribution in [0.15, 0.2) is 18.2 Å². The molecule has 0 saturated heterocycles. The van der Waals surface area contributed by atoms with Crippen LogP contribution in [0.3, 0.4) is 0 Å². The Balaban J connectivity index is 1.90. The largest absolute Gasteiger partial charge is 0.454 e. The molecule has 90 valence electrons. The third kappa shape index (κ3) is 2.89. The number of hydrogen-bond donors (Lipinski definition) is 1. The molecule has 1 aromatic rings. The summed E-state index contributed by atoms with van der Waals surface area (Å²) in [5.74, 6) is 1.61. The predicted molar refractivity (Wildman–Crippen MR) is 64.0 cm³/mol. The van der Waals surface area contributed by atoms with Crippen LogP contribution < -0.4 is 14.8 Å². The van der Waals surface area contributed by atoms with E-state index in [0.717, 1.165) is 24.5 Å². The van der Waals surface area contributed by atoms with Crippen LogP contribution in [-0.2, 0) is 6.42 Å². The van der Waals surface area contributed by atoms with Crippen LogP contribution in [0.4, 0.5) is 0 Å². The third-order valence-electron chi connectivity index (χ3n) is 2.70. The van der Waals surface area contributed by atoms with Crippen LogP contribution in [0, 0.1) is 11.3 Å². The van der Waals surface area contributed by atoms with Crippen molar-refractivity contribution in [1.82, 2.24) is 5.32 Å². The molecule has 4 nitrogen and oxygen atoms in total. The van der Waals surface area contributed by atoms with Crippen LogP contribution in [-0.4, -0.2) is 18.9 Å². The Labute approximate surface area is 101 Å². The first kappa shape index (κ1) is 11.7. The topological polar surface area (TPSA) is 54.3 Å². The van der Waals surface area contributed by atoms with E-state index >= 15 is 0 Å². The molecule has 0 amide bonds. The van der Waals surface area contributed by atoms with Gasteiger partial charge in [0.15, 0.2) is 11.5 Å². The van der Waals surface area contributed by atoms with Gasteiger partial charge in [-0.2, -0.15) is 5.26 Å². The standard InChI is InChI=1S/C13H16N2O2/c1-13(2,8-14)15-6-5-10-3-4-11-12(7-10)17-9-16-11/h3-4,7,15H,5-6,9H2,1-2H3. The second kappa shape index (κ2) is 4.64. The summed E-state index contributed by atoms with van der Waals surface area (Å²) in [6.45, 7) is 4.80. The summed E-state index contributed by atoms with van der Waals surface area (Å²) in [5.41, 5.74) is 0.701. The Bertz CT molecular complexity index is 449. The summed E-state index contributed by atoms with van der Waals surface area (Å²) in [7, 11) is 0. The molecule has 0 aliphatic carbocycles. The van der Waals surface area contributed by atoms with E-state index in [4.69, 9.17) is 14.7 Å². The van der Waals surface area contributed by atoms with E-state index in [1.54, 1.807) is 0 Å². The lowest BCUT2D eigenvalue weighted by Crippen LogP contribution is -2.38. The van der Waals surface area contributed by atoms with Crippen molar-refractivity contribution in [3.8, 4) is 17.6 Å². The van der Waals surface area contributed by atoms with Crippen molar-refractivity contribution in [2.45, 2.75) is 25.8 Å². The summed E-state index contributed by atoms with van der Waals surface area (Å²) in [4.78, 5) is 0. The van der Waals surface area contributed by atoms with E-state index in [1.807, 2.05) is 32.0 Å². The Morgan fingerprint density at radius 3 is 2.88 bits per heavy atom. The zero-order chi connectivity index (χ0) is 12.3. The van der Waals surface area contributed by atoms with Crippen molar-refractivity contribution in [2.24, 2.45) is 0 Å². The van der Waals surface area contributed by atoms with E-state index < -0.39 is 5.54 Å². The van der Waals surface area contributed by atoms with E-state index in [0.29, 0.717) is 6.79 Å². The minimum Gasteiger partial charge on any atom is -0.454 e. The molecule has 0 bridgehead atoms. The molecule has 0 radical (unpaired) electrons. The van der Waals surface area contributed by atoms with Crippen LogP contribution in [0.25, 0.3) is 0 Å². The molecule has 1 N–H and O–H groups in total. The highest BCUT2D eigenvalue weighted by atomic mass is 16.7. The molecule has 0 unspecified atom stereocenters. The van der Waals surface area contributed by atoms with Crippen molar-refractivity contribution in [1.29, 1.82) is 5.26 Å². The van der Waals surface area contributed by atoms with Crippen LogP contribution >= 0.6 is 0 Å². The zero-order valence-corrected chi connectivity index (χ0v) is 10.1. The van der Waals surface area contributed by atoms with Crippen molar-refractivity contribution in [2.75, 3.05) is 13.3 Å². The van der Waals surface area contributed by atoms with Crippen molar-refractivity contribution in [3.05, 3.63) is 23.8 Å². The van der Waals surface area contributed by atoms with Gasteiger partial charge in [0.2, 0.25) is 6.79 Å². The molecule has 1 aliphatic rings. The molecule has 0 atom stereocenters. The Hall–Kier alpha value is -1.73. The minimum absolute atomic E-state index is 0.304. The Morgan fingerprint density at radius 1 is 1.35 bits per heavy atom. The molecule has 0 aromatic heterocycles. The predicted octanol–water partition coefficient (Wildman–Crippen LogP) is 1.85. The van der Waals surface area contributed by atoms with E-state index in [1.165, 1.54) is 5.56 Å². The molecule has 17 heavy (non-hydrogen) atoms. The summed E-state index contributed by atoms with van der Waals surface area (Å²) < 4.78 is 10.6. The maximum atomic E-state index is 8.87. The minimum atomic E-state index is -0.476. The number of benzene rings is 1.